The molecule has 0 aromatic heterocycles. The second-order valence-electron chi connectivity index (χ2n) is 6.51. The van der Waals surface area contributed by atoms with Crippen molar-refractivity contribution in [3.8, 4) is 0 Å². The van der Waals surface area contributed by atoms with Gasteiger partial charge in [0, 0.05) is 8.41 Å². The maximum atomic E-state index is 4.40. The van der Waals surface area contributed by atoms with Crippen molar-refractivity contribution >= 4 is 14.6 Å². The molecular weight excluding hydrogens is 208 g/mol. The highest BCUT2D eigenvalue weighted by atomic mass is 28.2. The molecular formula is C15H26Si. The van der Waals surface area contributed by atoms with Crippen molar-refractivity contribution in [2.24, 2.45) is 5.41 Å². The highest BCUT2D eigenvalue weighted by Crippen LogP contribution is 2.46. The Hall–Kier alpha value is -0.433. The van der Waals surface area contributed by atoms with Gasteiger partial charge in [-0.15, -0.1) is 6.17 Å². The van der Waals surface area contributed by atoms with Gasteiger partial charge in [0.05, 0.1) is 0 Å². The molecule has 0 aliphatic carbocycles. The van der Waals surface area contributed by atoms with Crippen LogP contribution in [-0.2, 0) is 0 Å². The van der Waals surface area contributed by atoms with E-state index in [9.17, 15) is 0 Å². The Morgan fingerprint density at radius 1 is 1.25 bits per heavy atom. The summed E-state index contributed by atoms with van der Waals surface area (Å²) in [5.41, 5.74) is 5.82. The standard InChI is InChI=1S/C15H26Si/c1-10(2)11(3)14-12(4)16(8)13(14)9-15(5,6)7/h13H,8-9H2,1-7H3. The van der Waals surface area contributed by atoms with Crippen molar-refractivity contribution in [2.75, 3.05) is 0 Å². The zero-order valence-corrected chi connectivity index (χ0v) is 13.0. The molecule has 1 aliphatic rings. The largest absolute Gasteiger partial charge is 0.114 e. The third kappa shape index (κ3) is 2.63. The van der Waals surface area contributed by atoms with Gasteiger partial charge < -0.3 is 0 Å². The summed E-state index contributed by atoms with van der Waals surface area (Å²) in [5.74, 6) is 0. The Labute approximate surface area is 103 Å². The van der Waals surface area contributed by atoms with Crippen molar-refractivity contribution in [3.63, 3.8) is 0 Å². The summed E-state index contributed by atoms with van der Waals surface area (Å²) in [7, 11) is -0.473. The first kappa shape index (κ1) is 13.6. The molecule has 1 heterocycles. The van der Waals surface area contributed by atoms with Crippen LogP contribution in [0.1, 0.15) is 54.9 Å². The molecule has 0 radical (unpaired) electrons. The zero-order valence-electron chi connectivity index (χ0n) is 12.0. The van der Waals surface area contributed by atoms with Crippen LogP contribution in [0.15, 0.2) is 21.9 Å². The van der Waals surface area contributed by atoms with Gasteiger partial charge in [-0.1, -0.05) is 31.5 Å². The topological polar surface area (TPSA) is 0 Å². The van der Waals surface area contributed by atoms with E-state index in [0.717, 1.165) is 5.54 Å². The minimum atomic E-state index is -0.473. The number of hydrogen-bond donors (Lipinski definition) is 0. The Bertz CT molecular complexity index is 371. The van der Waals surface area contributed by atoms with Crippen LogP contribution >= 0.6 is 0 Å². The number of rotatable bonds is 2. The van der Waals surface area contributed by atoms with E-state index in [-0.39, 0.29) is 0 Å². The van der Waals surface area contributed by atoms with Gasteiger partial charge in [0.25, 0.3) is 0 Å². The fourth-order valence-electron chi connectivity index (χ4n) is 2.44. The molecule has 1 heteroatoms. The van der Waals surface area contributed by atoms with Gasteiger partial charge in [0.15, 0.2) is 0 Å². The molecule has 0 spiro atoms. The van der Waals surface area contributed by atoms with Crippen LogP contribution in [0, 0.1) is 5.41 Å². The van der Waals surface area contributed by atoms with E-state index in [1.54, 1.807) is 10.8 Å². The summed E-state index contributed by atoms with van der Waals surface area (Å²) >= 11 is 0. The normalized spacial score (nSPS) is 20.9. The second-order valence-corrected chi connectivity index (χ2v) is 9.00. The summed E-state index contributed by atoms with van der Waals surface area (Å²) in [6.07, 6.45) is 5.70. The molecule has 0 nitrogen and oxygen atoms in total. The van der Waals surface area contributed by atoms with Gasteiger partial charge in [-0.25, -0.2) is 0 Å². The van der Waals surface area contributed by atoms with E-state index in [4.69, 9.17) is 0 Å². The minimum Gasteiger partial charge on any atom is -0.114 e. The highest BCUT2D eigenvalue weighted by Gasteiger charge is 2.35. The number of hydrogen-bond acceptors (Lipinski definition) is 0. The molecule has 0 amide bonds. The molecule has 0 aromatic carbocycles. The molecule has 1 atom stereocenters. The summed E-state index contributed by atoms with van der Waals surface area (Å²) in [4.78, 5) is 0. The smallest absolute Gasteiger partial charge is 0.0408 e. The Kier molecular flexibility index (Phi) is 3.78. The molecule has 1 aliphatic heterocycles. The van der Waals surface area contributed by atoms with Gasteiger partial charge in [0.2, 0.25) is 0 Å². The van der Waals surface area contributed by atoms with Crippen molar-refractivity contribution in [3.05, 3.63) is 21.9 Å². The fourth-order valence-corrected chi connectivity index (χ4v) is 5.08. The quantitative estimate of drug-likeness (QED) is 0.616. The summed E-state index contributed by atoms with van der Waals surface area (Å²) in [6, 6.07) is 0. The fraction of sp³-hybridized carbons (Fsp3) is 0.667. The molecule has 0 bridgehead atoms. The Morgan fingerprint density at radius 2 is 1.75 bits per heavy atom. The van der Waals surface area contributed by atoms with Crippen LogP contribution in [-0.4, -0.2) is 14.6 Å². The van der Waals surface area contributed by atoms with Crippen molar-refractivity contribution < 1.29 is 0 Å². The SMILES string of the molecule is C=[Si]1C(C)=C(C(C)=C(C)C)C1CC(C)(C)C. The van der Waals surface area contributed by atoms with Gasteiger partial charge in [0.1, 0.15) is 0 Å². The minimum absolute atomic E-state index is 0.423. The average molecular weight is 234 g/mol. The lowest BCUT2D eigenvalue weighted by Crippen LogP contribution is -2.31. The molecule has 1 unspecified atom stereocenters. The van der Waals surface area contributed by atoms with Crippen LogP contribution in [0.4, 0.5) is 0 Å². The van der Waals surface area contributed by atoms with Crippen LogP contribution in [0.25, 0.3) is 0 Å². The molecule has 90 valence electrons. The lowest BCUT2D eigenvalue weighted by Gasteiger charge is -2.39. The Balaban J connectivity index is 3.01. The highest BCUT2D eigenvalue weighted by molar-refractivity contribution is 6.74. The molecule has 0 fully saturated rings. The van der Waals surface area contributed by atoms with Gasteiger partial charge in [-0.3, -0.25) is 0 Å². The lowest BCUT2D eigenvalue weighted by atomic mass is 9.85. The number of allylic oxidation sites excluding steroid dienone is 4. The molecule has 0 saturated carbocycles. The zero-order chi connectivity index (χ0) is 12.7. The van der Waals surface area contributed by atoms with Crippen LogP contribution in [0.5, 0.6) is 0 Å². The van der Waals surface area contributed by atoms with E-state index >= 15 is 0 Å². The van der Waals surface area contributed by atoms with Gasteiger partial charge in [-0.2, -0.15) is 0 Å². The van der Waals surface area contributed by atoms with E-state index in [2.05, 4.69) is 54.6 Å². The monoisotopic (exact) mass is 234 g/mol. The Morgan fingerprint density at radius 3 is 2.12 bits per heavy atom. The van der Waals surface area contributed by atoms with Crippen LogP contribution in [0.3, 0.4) is 0 Å². The van der Waals surface area contributed by atoms with Crippen molar-refractivity contribution in [1.82, 2.24) is 0 Å². The van der Waals surface area contributed by atoms with E-state index < -0.39 is 8.41 Å². The van der Waals surface area contributed by atoms with E-state index in [1.807, 2.05) is 0 Å². The van der Waals surface area contributed by atoms with Crippen molar-refractivity contribution in [2.45, 2.75) is 60.4 Å². The molecule has 0 saturated heterocycles. The maximum Gasteiger partial charge on any atom is 0.0408 e. The second kappa shape index (κ2) is 4.44. The third-order valence-corrected chi connectivity index (χ3v) is 6.19. The summed E-state index contributed by atoms with van der Waals surface area (Å²) in [5, 5.41) is 1.61. The predicted molar refractivity (Wildman–Crippen MR) is 77.4 cm³/mol. The van der Waals surface area contributed by atoms with E-state index in [0.29, 0.717) is 5.41 Å². The maximum absolute atomic E-state index is 4.40. The summed E-state index contributed by atoms with van der Waals surface area (Å²) in [6.45, 7) is 16.0. The van der Waals surface area contributed by atoms with Gasteiger partial charge >= 0.3 is 0 Å². The first-order chi connectivity index (χ1) is 7.15. The molecule has 16 heavy (non-hydrogen) atoms. The van der Waals surface area contributed by atoms with E-state index in [1.165, 1.54) is 17.6 Å². The predicted octanol–water partition coefficient (Wildman–Crippen LogP) is 4.53. The van der Waals surface area contributed by atoms with Crippen LogP contribution in [0.2, 0.25) is 5.54 Å². The average Bonchev–Trinajstić information content (AvgIpc) is 2.14. The van der Waals surface area contributed by atoms with Crippen molar-refractivity contribution in [1.29, 1.82) is 0 Å². The molecule has 0 N–H and O–H groups in total. The van der Waals surface area contributed by atoms with Gasteiger partial charge in [-0.05, 0) is 56.2 Å². The lowest BCUT2D eigenvalue weighted by molar-refractivity contribution is 0.374. The third-order valence-electron chi connectivity index (χ3n) is 3.63. The first-order valence-corrected chi connectivity index (χ1v) is 7.98. The van der Waals surface area contributed by atoms with Crippen LogP contribution < -0.4 is 0 Å². The summed E-state index contributed by atoms with van der Waals surface area (Å²) < 4.78 is 0. The molecule has 0 aromatic rings. The molecule has 1 rings (SSSR count). The first-order valence-electron chi connectivity index (χ1n) is 6.19.